The summed E-state index contributed by atoms with van der Waals surface area (Å²) in [4.78, 5) is 23.8. The Kier molecular flexibility index (Phi) is 13.7. The highest BCUT2D eigenvalue weighted by atomic mass is 32.2. The number of azo groups is 3. The van der Waals surface area contributed by atoms with Gasteiger partial charge in [0.05, 0.1) is 29.5 Å². The van der Waals surface area contributed by atoms with Gasteiger partial charge in [0.25, 0.3) is 26.1 Å². The zero-order valence-corrected chi connectivity index (χ0v) is 36.9. The fourth-order valence-corrected chi connectivity index (χ4v) is 8.60. The van der Waals surface area contributed by atoms with E-state index in [1.54, 1.807) is 24.3 Å². The van der Waals surface area contributed by atoms with E-state index in [2.05, 4.69) is 41.7 Å². The van der Waals surface area contributed by atoms with Gasteiger partial charge < -0.3 is 34.5 Å². The third kappa shape index (κ3) is 10.3. The van der Waals surface area contributed by atoms with Crippen molar-refractivity contribution in [3.05, 3.63) is 97.1 Å². The molecule has 0 saturated heterocycles. The van der Waals surface area contributed by atoms with Crippen molar-refractivity contribution in [3.63, 3.8) is 0 Å². The lowest BCUT2D eigenvalue weighted by molar-refractivity contribution is -0.130. The molecule has 6 aromatic carbocycles. The molecule has 2 atom stereocenters. The quantitative estimate of drug-likeness (QED) is 0.0301. The monoisotopic (exact) mass is 990 g/mol. The number of aliphatic hydroxyl groups is 2. The van der Waals surface area contributed by atoms with E-state index in [0.717, 1.165) is 12.1 Å². The first-order valence-electron chi connectivity index (χ1n) is 19.2. The smallest absolute Gasteiger partial charge is 0.355 e. The van der Waals surface area contributed by atoms with Crippen LogP contribution in [-0.2, 0) is 39.6 Å². The molecule has 27 heteroatoms. The molecule has 0 aromatic heterocycles. The number of phenolic OH excluding ortho intramolecular Hbond substituents is 1. The number of aromatic hydroxyl groups is 1. The maximum Gasteiger partial charge on any atom is 0.355 e. The number of amides is 1. The lowest BCUT2D eigenvalue weighted by Gasteiger charge is -2.13. The number of fused-ring (bicyclic) bond motifs is 2. The lowest BCUT2D eigenvalue weighted by Crippen LogP contribution is -2.33. The van der Waals surface area contributed by atoms with Gasteiger partial charge in [-0.2, -0.15) is 37.2 Å². The van der Waals surface area contributed by atoms with Crippen LogP contribution in [0.1, 0.15) is 0 Å². The van der Waals surface area contributed by atoms with Gasteiger partial charge in [0, 0.05) is 22.9 Å². The average Bonchev–Trinajstić information content (AvgIpc) is 3.63. The second-order valence-electron chi connectivity index (χ2n) is 14.1. The summed E-state index contributed by atoms with van der Waals surface area (Å²) in [6, 6.07) is 19.2. The standard InChI is InChI=1S/C41H34N8O16S3/c1-66(56,57)26-10-8-25(9-11-26)49-40(53)36(37(48-49)41(54)55)47-42-24-7-12-27-23(18-24)19-34(67(58,59)60)35(38(27)52)46-45-31-21-32(64-16-14-50)30(20-33(31)65-17-15-51)44-43-29-13-6-22-4-2-3-5-28(22)39(29)68(61,62)63/h2-13,18-21,36,50-52H,1,14-17H2,(H,54,55)(H,56,57)(H,58,59,60)(H,61,62,63)/b44-43+,46-45+,47-42+. The van der Waals surface area contributed by atoms with Gasteiger partial charge in [-0.1, -0.05) is 30.3 Å². The van der Waals surface area contributed by atoms with Crippen molar-refractivity contribution < 1.29 is 74.2 Å². The number of phenols is 1. The molecular formula is C41H34N8O16S3. The minimum absolute atomic E-state index is 0.0329. The van der Waals surface area contributed by atoms with Gasteiger partial charge in [0.1, 0.15) is 67.1 Å². The summed E-state index contributed by atoms with van der Waals surface area (Å²) >= 11 is 0. The molecule has 0 bridgehead atoms. The van der Waals surface area contributed by atoms with Gasteiger partial charge in [0.15, 0.2) is 11.5 Å². The van der Waals surface area contributed by atoms with E-state index in [4.69, 9.17) is 9.47 Å². The number of ether oxygens (including phenoxy) is 2. The summed E-state index contributed by atoms with van der Waals surface area (Å²) in [6.07, 6.45) is 0. The third-order valence-corrected chi connectivity index (χ3v) is 12.4. The number of carbonyl (C=O) groups excluding carboxylic acids is 1. The summed E-state index contributed by atoms with van der Waals surface area (Å²) in [5.74, 6) is -0.598. The van der Waals surface area contributed by atoms with Gasteiger partial charge in [-0.3, -0.25) is 13.9 Å². The van der Waals surface area contributed by atoms with Crippen molar-refractivity contribution in [2.75, 3.05) is 31.4 Å². The first-order valence-corrected chi connectivity index (χ1v) is 23.8. The van der Waals surface area contributed by atoms with Crippen LogP contribution < -0.4 is 14.5 Å². The second kappa shape index (κ2) is 19.3. The van der Waals surface area contributed by atoms with Crippen molar-refractivity contribution in [2.45, 2.75) is 20.7 Å². The van der Waals surface area contributed by atoms with Crippen LogP contribution in [0.2, 0.25) is 0 Å². The fraction of sp³-hybridized carbons (Fsp3) is 0.122. The van der Waals surface area contributed by atoms with E-state index in [9.17, 15) is 64.7 Å². The van der Waals surface area contributed by atoms with Crippen LogP contribution >= 0.6 is 0 Å². The summed E-state index contributed by atoms with van der Waals surface area (Å²) in [5.41, 5.74) is -2.22. The number of benzene rings is 6. The Bertz CT molecular complexity index is 3490. The fourth-order valence-electron chi connectivity index (χ4n) is 6.54. The van der Waals surface area contributed by atoms with Gasteiger partial charge in [-0.05, 0) is 71.2 Å². The molecule has 0 aliphatic carbocycles. The molecule has 6 aromatic rings. The Balaban J connectivity index is 1.24. The summed E-state index contributed by atoms with van der Waals surface area (Å²) < 4.78 is 104. The van der Waals surface area contributed by atoms with E-state index < -0.39 is 88.1 Å². The van der Waals surface area contributed by atoms with Crippen LogP contribution in [0.4, 0.5) is 34.1 Å². The molecule has 1 aliphatic heterocycles. The minimum atomic E-state index is -5.21. The van der Waals surface area contributed by atoms with Crippen LogP contribution in [0, 0.1) is 0 Å². The number of hydrazone groups is 1. The van der Waals surface area contributed by atoms with Crippen molar-refractivity contribution >= 4 is 109 Å². The Morgan fingerprint density at radius 3 is 1.91 bits per heavy atom. The molecule has 0 radical (unpaired) electrons. The predicted octanol–water partition coefficient (Wildman–Crippen LogP) is 6.25. The number of carboxylic acid groups (broad SMARTS) is 1. The number of hydrogen-bond acceptors (Lipinski definition) is 19. The van der Waals surface area contributed by atoms with Crippen LogP contribution in [-0.4, -0.2) is 111 Å². The zero-order valence-electron chi connectivity index (χ0n) is 34.5. The van der Waals surface area contributed by atoms with Crippen LogP contribution in [0.5, 0.6) is 17.2 Å². The maximum absolute atomic E-state index is 13.3. The number of hydrogen-bond donors (Lipinski definition) is 7. The largest absolute Gasteiger partial charge is 0.505 e. The zero-order chi connectivity index (χ0) is 49.1. The molecule has 24 nitrogen and oxygen atoms in total. The SMILES string of the molecule is C=S(=O)(O)c1ccc(N2N=C(C(=O)O)C(/N=N/c3ccc4c(O)c(/N=N/c5cc(OCCO)c(/N=N/c6ccc7ccccc7c6S(=O)(=O)O)cc5OCCO)c(S(=O)(=O)O)cc4c3)C2=O)cc1. The first-order chi connectivity index (χ1) is 32.2. The van der Waals surface area contributed by atoms with Crippen LogP contribution in [0.15, 0.2) is 148 Å². The number of rotatable bonds is 17. The van der Waals surface area contributed by atoms with E-state index in [0.29, 0.717) is 10.4 Å². The van der Waals surface area contributed by atoms with E-state index in [1.807, 2.05) is 0 Å². The van der Waals surface area contributed by atoms with Crippen molar-refractivity contribution in [2.24, 2.45) is 35.8 Å². The number of carboxylic acids is 1. The molecular weight excluding hydrogens is 957 g/mol. The summed E-state index contributed by atoms with van der Waals surface area (Å²) in [6.45, 7) is -1.68. The highest BCUT2D eigenvalue weighted by Crippen LogP contribution is 2.46. The Labute approximate surface area is 384 Å². The Hall–Kier alpha value is -7.63. The van der Waals surface area contributed by atoms with Crippen molar-refractivity contribution in [3.8, 4) is 17.2 Å². The minimum Gasteiger partial charge on any atom is -0.505 e. The number of anilines is 1. The van der Waals surface area contributed by atoms with E-state index >= 15 is 0 Å². The Morgan fingerprint density at radius 2 is 1.32 bits per heavy atom. The first kappa shape index (κ1) is 48.3. The molecule has 7 rings (SSSR count). The highest BCUT2D eigenvalue weighted by molar-refractivity contribution is 7.95. The molecule has 1 heterocycles. The molecule has 0 spiro atoms. The van der Waals surface area contributed by atoms with E-state index in [-0.39, 0.29) is 74.2 Å². The number of carbonyl (C=O) groups is 2. The van der Waals surface area contributed by atoms with Gasteiger partial charge >= 0.3 is 5.97 Å². The Morgan fingerprint density at radius 1 is 0.706 bits per heavy atom. The van der Waals surface area contributed by atoms with Gasteiger partial charge in [-0.25, -0.2) is 9.00 Å². The van der Waals surface area contributed by atoms with E-state index in [1.165, 1.54) is 60.7 Å². The van der Waals surface area contributed by atoms with Crippen molar-refractivity contribution in [1.29, 1.82) is 0 Å². The molecule has 2 unspecified atom stereocenters. The van der Waals surface area contributed by atoms with Gasteiger partial charge in [-0.15, -0.1) is 20.5 Å². The summed E-state index contributed by atoms with van der Waals surface area (Å²) in [7, 11) is -13.6. The molecule has 68 heavy (non-hydrogen) atoms. The molecule has 0 fully saturated rings. The number of aliphatic carboxylic acids is 1. The predicted molar refractivity (Wildman–Crippen MR) is 243 cm³/mol. The lowest BCUT2D eigenvalue weighted by atomic mass is 10.1. The highest BCUT2D eigenvalue weighted by Gasteiger charge is 2.41. The molecule has 352 valence electrons. The number of aliphatic hydroxyl groups excluding tert-OH is 2. The van der Waals surface area contributed by atoms with Crippen LogP contribution in [0.3, 0.4) is 0 Å². The molecule has 1 aliphatic rings. The molecule has 1 amide bonds. The second-order valence-corrected chi connectivity index (χ2v) is 18.6. The topological polar surface area (TPSA) is 369 Å². The normalized spacial score (nSPS) is 15.5. The third-order valence-electron chi connectivity index (χ3n) is 9.56. The van der Waals surface area contributed by atoms with Gasteiger partial charge in [0.2, 0.25) is 6.04 Å². The van der Waals surface area contributed by atoms with Crippen LogP contribution in [0.25, 0.3) is 21.5 Å². The number of nitrogens with zero attached hydrogens (tertiary/aromatic N) is 8. The summed E-state index contributed by atoms with van der Waals surface area (Å²) in [5, 5.41) is 69.2. The van der Waals surface area contributed by atoms with Crippen molar-refractivity contribution in [1.82, 2.24) is 0 Å². The molecule has 0 saturated carbocycles. The molecule has 7 N–H and O–H groups in total. The maximum atomic E-state index is 13.3. The average molecular weight is 991 g/mol.